The molecular weight excluding hydrogens is 492 g/mol. The second kappa shape index (κ2) is 8.85. The van der Waals surface area contributed by atoms with Crippen molar-refractivity contribution in [1.82, 2.24) is 0 Å². The van der Waals surface area contributed by atoms with Crippen LogP contribution in [0.5, 0.6) is 0 Å². The quantitative estimate of drug-likeness (QED) is 0.217. The lowest BCUT2D eigenvalue weighted by Crippen LogP contribution is -2.08. The molecule has 186 valence electrons. The van der Waals surface area contributed by atoms with E-state index in [1.54, 1.807) is 0 Å². The Balaban J connectivity index is 1.82. The maximum Gasteiger partial charge on any atom is 0.417 e. The van der Waals surface area contributed by atoms with Crippen molar-refractivity contribution in [3.63, 3.8) is 0 Å². The van der Waals surface area contributed by atoms with E-state index in [-0.39, 0.29) is 39.2 Å². The van der Waals surface area contributed by atoms with Crippen LogP contribution in [0.25, 0.3) is 33.4 Å². The number of hydrogen-bond donors (Lipinski definition) is 2. The number of benzene rings is 4. The van der Waals surface area contributed by atoms with Crippen molar-refractivity contribution in [2.75, 3.05) is 11.5 Å². The highest BCUT2D eigenvalue weighted by molar-refractivity contribution is 5.79. The van der Waals surface area contributed by atoms with Crippen molar-refractivity contribution in [3.8, 4) is 33.4 Å². The Bertz CT molecular complexity index is 1460. The van der Waals surface area contributed by atoms with E-state index in [4.69, 9.17) is 11.5 Å². The fourth-order valence-corrected chi connectivity index (χ4v) is 3.90. The van der Waals surface area contributed by atoms with Gasteiger partial charge in [0.2, 0.25) is 0 Å². The Labute approximate surface area is 199 Å². The van der Waals surface area contributed by atoms with Crippen molar-refractivity contribution >= 4 is 11.4 Å². The lowest BCUT2D eigenvalue weighted by Gasteiger charge is -2.16. The molecule has 0 aliphatic rings. The molecule has 0 atom stereocenters. The van der Waals surface area contributed by atoms with Crippen molar-refractivity contribution < 1.29 is 35.1 Å². The van der Waals surface area contributed by atoms with E-state index in [0.717, 1.165) is 42.5 Å². The molecule has 0 saturated heterocycles. The van der Waals surface area contributed by atoms with Gasteiger partial charge in [0.1, 0.15) is 11.6 Å². The minimum absolute atomic E-state index is 0.0220. The number of halogens is 8. The zero-order chi connectivity index (χ0) is 26.4. The first-order valence-electron chi connectivity index (χ1n) is 10.3. The molecule has 4 aromatic carbocycles. The van der Waals surface area contributed by atoms with Crippen LogP contribution in [-0.2, 0) is 12.4 Å². The first-order valence-corrected chi connectivity index (χ1v) is 10.3. The van der Waals surface area contributed by atoms with Crippen LogP contribution in [0.1, 0.15) is 11.1 Å². The Morgan fingerprint density at radius 1 is 0.472 bits per heavy atom. The molecule has 10 heteroatoms. The van der Waals surface area contributed by atoms with Gasteiger partial charge >= 0.3 is 12.4 Å². The minimum atomic E-state index is -4.80. The molecule has 4 aromatic rings. The summed E-state index contributed by atoms with van der Waals surface area (Å²) in [4.78, 5) is 0. The molecule has 0 aliphatic heterocycles. The summed E-state index contributed by atoms with van der Waals surface area (Å²) in [7, 11) is 0. The monoisotopic (exact) mass is 508 g/mol. The van der Waals surface area contributed by atoms with Gasteiger partial charge in [0.15, 0.2) is 0 Å². The third-order valence-electron chi connectivity index (χ3n) is 5.50. The van der Waals surface area contributed by atoms with E-state index in [2.05, 4.69) is 0 Å². The number of rotatable bonds is 3. The van der Waals surface area contributed by atoms with E-state index in [1.165, 1.54) is 24.3 Å². The molecule has 0 bridgehead atoms. The molecular formula is C26H16F8N2. The molecule has 2 nitrogen and oxygen atoms in total. The highest BCUT2D eigenvalue weighted by Crippen LogP contribution is 2.41. The van der Waals surface area contributed by atoms with Crippen LogP contribution in [0.2, 0.25) is 0 Å². The lowest BCUT2D eigenvalue weighted by atomic mass is 9.93. The molecule has 0 heterocycles. The average molecular weight is 508 g/mol. The smallest absolute Gasteiger partial charge is 0.399 e. The Morgan fingerprint density at radius 3 is 1.53 bits per heavy atom. The number of nitrogens with two attached hydrogens (primary N) is 2. The van der Waals surface area contributed by atoms with Gasteiger partial charge in [0.05, 0.1) is 11.1 Å². The van der Waals surface area contributed by atoms with Gasteiger partial charge in [-0.3, -0.25) is 0 Å². The first-order chi connectivity index (χ1) is 16.7. The normalized spacial score (nSPS) is 12.1. The summed E-state index contributed by atoms with van der Waals surface area (Å²) in [6.07, 6.45) is -9.58. The fraction of sp³-hybridized carbons (Fsp3) is 0.0769. The second-order valence-corrected chi connectivity index (χ2v) is 8.03. The van der Waals surface area contributed by atoms with Crippen molar-refractivity contribution in [3.05, 3.63) is 95.6 Å². The summed E-state index contributed by atoms with van der Waals surface area (Å²) in [5.41, 5.74) is 7.20. The Hall–Kier alpha value is -4.08. The Morgan fingerprint density at radius 2 is 0.972 bits per heavy atom. The van der Waals surface area contributed by atoms with Crippen molar-refractivity contribution in [2.24, 2.45) is 0 Å². The molecule has 0 aromatic heterocycles. The molecule has 0 radical (unpaired) electrons. The van der Waals surface area contributed by atoms with Crippen LogP contribution in [0, 0.1) is 11.6 Å². The number of alkyl halides is 6. The lowest BCUT2D eigenvalue weighted by molar-refractivity contribution is -0.137. The average Bonchev–Trinajstić information content (AvgIpc) is 2.77. The molecule has 0 fully saturated rings. The zero-order valence-corrected chi connectivity index (χ0v) is 18.1. The summed E-state index contributed by atoms with van der Waals surface area (Å²) in [5, 5.41) is 0. The van der Waals surface area contributed by atoms with Crippen LogP contribution in [0.4, 0.5) is 46.5 Å². The largest absolute Gasteiger partial charge is 0.417 e. The Kier molecular flexibility index (Phi) is 6.15. The van der Waals surface area contributed by atoms with Crippen molar-refractivity contribution in [1.29, 1.82) is 0 Å². The molecule has 0 aliphatic carbocycles. The van der Waals surface area contributed by atoms with Gasteiger partial charge in [0, 0.05) is 16.9 Å². The van der Waals surface area contributed by atoms with Crippen LogP contribution < -0.4 is 11.5 Å². The predicted molar refractivity (Wildman–Crippen MR) is 121 cm³/mol. The first kappa shape index (κ1) is 25.0. The van der Waals surface area contributed by atoms with E-state index in [1.807, 2.05) is 0 Å². The highest BCUT2D eigenvalue weighted by atomic mass is 19.4. The van der Waals surface area contributed by atoms with Gasteiger partial charge in [-0.15, -0.1) is 0 Å². The van der Waals surface area contributed by atoms with Crippen LogP contribution in [0.3, 0.4) is 0 Å². The molecule has 0 unspecified atom stereocenters. The molecule has 4 N–H and O–H groups in total. The highest BCUT2D eigenvalue weighted by Gasteiger charge is 2.35. The predicted octanol–water partition coefficient (Wildman–Crippen LogP) is 8.17. The minimum Gasteiger partial charge on any atom is -0.399 e. The number of hydrogen-bond acceptors (Lipinski definition) is 2. The van der Waals surface area contributed by atoms with Gasteiger partial charge in [-0.05, 0) is 76.3 Å². The summed E-state index contributed by atoms with van der Waals surface area (Å²) in [5.74, 6) is -1.94. The van der Waals surface area contributed by atoms with E-state index in [0.29, 0.717) is 6.07 Å². The third-order valence-corrected chi connectivity index (χ3v) is 5.50. The van der Waals surface area contributed by atoms with E-state index in [9.17, 15) is 30.7 Å². The van der Waals surface area contributed by atoms with Gasteiger partial charge < -0.3 is 11.5 Å². The third kappa shape index (κ3) is 4.98. The molecule has 0 spiro atoms. The summed E-state index contributed by atoms with van der Waals surface area (Å²) >= 11 is 0. The van der Waals surface area contributed by atoms with E-state index >= 15 is 4.39 Å². The van der Waals surface area contributed by atoms with Crippen molar-refractivity contribution in [2.45, 2.75) is 12.4 Å². The van der Waals surface area contributed by atoms with Crippen LogP contribution in [0.15, 0.2) is 72.8 Å². The topological polar surface area (TPSA) is 52.0 Å². The van der Waals surface area contributed by atoms with Gasteiger partial charge in [-0.2, -0.15) is 26.3 Å². The van der Waals surface area contributed by atoms with Crippen LogP contribution in [-0.4, -0.2) is 0 Å². The molecule has 4 rings (SSSR count). The van der Waals surface area contributed by atoms with Gasteiger partial charge in [0.25, 0.3) is 0 Å². The number of nitrogen functional groups attached to an aromatic ring is 2. The standard InChI is InChI=1S/C26H16F8N2/c27-16-8-14(7-15(9-16)19-5-2-17(35)11-22(19)25(29,30)31)13-1-4-21(24(28)10-13)20-6-3-18(36)12-23(20)26(32,33)34/h1-12H,35-36H2. The maximum absolute atomic E-state index is 15.0. The summed E-state index contributed by atoms with van der Waals surface area (Å²) in [6, 6.07) is 12.3. The SMILES string of the molecule is Nc1ccc(-c2cc(F)cc(-c3ccc(-c4ccc(N)cc4C(F)(F)F)c(F)c3)c2)c(C(F)(F)F)c1. The molecule has 0 amide bonds. The number of anilines is 2. The summed E-state index contributed by atoms with van der Waals surface area (Å²) < 4.78 is 111. The molecule has 36 heavy (non-hydrogen) atoms. The van der Waals surface area contributed by atoms with E-state index < -0.39 is 40.7 Å². The van der Waals surface area contributed by atoms with Gasteiger partial charge in [-0.25, -0.2) is 8.78 Å². The second-order valence-electron chi connectivity index (χ2n) is 8.03. The van der Waals surface area contributed by atoms with Gasteiger partial charge in [-0.1, -0.05) is 24.3 Å². The zero-order valence-electron chi connectivity index (χ0n) is 18.1. The fourth-order valence-electron chi connectivity index (χ4n) is 3.90. The van der Waals surface area contributed by atoms with Crippen LogP contribution >= 0.6 is 0 Å². The molecule has 0 saturated carbocycles. The summed E-state index contributed by atoms with van der Waals surface area (Å²) in [6.45, 7) is 0. The maximum atomic E-state index is 15.0.